The fourth-order valence-electron chi connectivity index (χ4n) is 3.02. The van der Waals surface area contributed by atoms with Gasteiger partial charge in [-0.1, -0.05) is 24.3 Å². The van der Waals surface area contributed by atoms with Gasteiger partial charge in [0.25, 0.3) is 5.91 Å². The molecule has 134 valence electrons. The molecule has 3 N–H and O–H groups in total. The summed E-state index contributed by atoms with van der Waals surface area (Å²) in [6.07, 6.45) is 1.51. The predicted octanol–water partition coefficient (Wildman–Crippen LogP) is 1.84. The van der Waals surface area contributed by atoms with Gasteiger partial charge in [0, 0.05) is 37.2 Å². The Bertz CT molecular complexity index is 830. The number of nitrogens with zero attached hydrogens (tertiary/aromatic N) is 1. The molecule has 1 saturated heterocycles. The van der Waals surface area contributed by atoms with E-state index in [0.717, 1.165) is 24.1 Å². The Morgan fingerprint density at radius 3 is 2.27 bits per heavy atom. The second-order valence-corrected chi connectivity index (χ2v) is 6.31. The van der Waals surface area contributed by atoms with Crippen LogP contribution in [0.25, 0.3) is 0 Å². The highest BCUT2D eigenvalue weighted by molar-refractivity contribution is 5.97. The van der Waals surface area contributed by atoms with E-state index >= 15 is 0 Å². The lowest BCUT2D eigenvalue weighted by Crippen LogP contribution is -2.26. The number of primary amides is 1. The molecule has 26 heavy (non-hydrogen) atoms. The summed E-state index contributed by atoms with van der Waals surface area (Å²) in [7, 11) is 0. The molecule has 0 radical (unpaired) electrons. The van der Waals surface area contributed by atoms with Crippen LogP contribution in [-0.4, -0.2) is 29.2 Å². The van der Waals surface area contributed by atoms with Gasteiger partial charge < -0.3 is 16.0 Å². The van der Waals surface area contributed by atoms with Crippen LogP contribution in [0.5, 0.6) is 0 Å². The summed E-state index contributed by atoms with van der Waals surface area (Å²) in [5.41, 5.74) is 8.04. The lowest BCUT2D eigenvalue weighted by molar-refractivity contribution is -0.128. The van der Waals surface area contributed by atoms with Crippen molar-refractivity contribution < 1.29 is 14.4 Å². The lowest BCUT2D eigenvalue weighted by atomic mass is 10.1. The number of hydrogen-bond acceptors (Lipinski definition) is 3. The van der Waals surface area contributed by atoms with Crippen molar-refractivity contribution in [1.82, 2.24) is 10.2 Å². The Morgan fingerprint density at radius 1 is 1.00 bits per heavy atom. The number of carbonyl (C=O) groups excluding carboxylic acids is 3. The average molecular weight is 351 g/mol. The first-order valence-electron chi connectivity index (χ1n) is 8.57. The van der Waals surface area contributed by atoms with Crippen LogP contribution in [0, 0.1) is 0 Å². The monoisotopic (exact) mass is 351 g/mol. The summed E-state index contributed by atoms with van der Waals surface area (Å²) in [6, 6.07) is 14.0. The standard InChI is InChI=1S/C20H21N3O3/c21-19(25)14-7-9-15(10-8-14)20(26)22-12-16-4-1-2-5-17(16)13-23-11-3-6-18(23)24/h1-2,4-5,7-10H,3,6,11-13H2,(H2,21,25)(H,22,26). The molecule has 1 fully saturated rings. The van der Waals surface area contributed by atoms with Crippen molar-refractivity contribution in [3.05, 3.63) is 70.8 Å². The van der Waals surface area contributed by atoms with E-state index < -0.39 is 5.91 Å². The fourth-order valence-corrected chi connectivity index (χ4v) is 3.02. The predicted molar refractivity (Wildman–Crippen MR) is 97.2 cm³/mol. The van der Waals surface area contributed by atoms with Gasteiger partial charge in [0.05, 0.1) is 0 Å². The van der Waals surface area contributed by atoms with Gasteiger partial charge >= 0.3 is 0 Å². The van der Waals surface area contributed by atoms with Gasteiger partial charge in [-0.05, 0) is 41.8 Å². The molecule has 6 heteroatoms. The topological polar surface area (TPSA) is 92.5 Å². The summed E-state index contributed by atoms with van der Waals surface area (Å²) < 4.78 is 0. The molecular weight excluding hydrogens is 330 g/mol. The van der Waals surface area contributed by atoms with Crippen LogP contribution in [-0.2, 0) is 17.9 Å². The van der Waals surface area contributed by atoms with Gasteiger partial charge in [-0.25, -0.2) is 0 Å². The number of nitrogens with two attached hydrogens (primary N) is 1. The van der Waals surface area contributed by atoms with E-state index in [1.165, 1.54) is 12.1 Å². The first-order chi connectivity index (χ1) is 12.5. The molecule has 1 aliphatic heterocycles. The quantitative estimate of drug-likeness (QED) is 0.832. The molecule has 1 heterocycles. The van der Waals surface area contributed by atoms with Crippen molar-refractivity contribution in [2.45, 2.75) is 25.9 Å². The molecule has 0 saturated carbocycles. The normalized spacial score (nSPS) is 13.7. The second-order valence-electron chi connectivity index (χ2n) is 6.31. The first-order valence-corrected chi connectivity index (χ1v) is 8.57. The summed E-state index contributed by atoms with van der Waals surface area (Å²) >= 11 is 0. The molecule has 1 aliphatic rings. The van der Waals surface area contributed by atoms with E-state index in [-0.39, 0.29) is 11.8 Å². The maximum Gasteiger partial charge on any atom is 0.251 e. The van der Waals surface area contributed by atoms with Crippen LogP contribution in [0.1, 0.15) is 44.7 Å². The number of benzene rings is 2. The molecule has 3 amide bonds. The molecule has 0 atom stereocenters. The minimum absolute atomic E-state index is 0.179. The van der Waals surface area contributed by atoms with Crippen LogP contribution in [0.3, 0.4) is 0 Å². The molecule has 2 aromatic carbocycles. The zero-order valence-electron chi connectivity index (χ0n) is 14.4. The molecular formula is C20H21N3O3. The van der Waals surface area contributed by atoms with E-state index in [0.29, 0.717) is 30.6 Å². The molecule has 3 rings (SSSR count). The third kappa shape index (κ3) is 4.08. The molecule has 0 bridgehead atoms. The maximum atomic E-state index is 12.3. The zero-order valence-corrected chi connectivity index (χ0v) is 14.4. The minimum atomic E-state index is -0.526. The van der Waals surface area contributed by atoms with E-state index in [9.17, 15) is 14.4 Å². The SMILES string of the molecule is NC(=O)c1ccc(C(=O)NCc2ccccc2CN2CCCC2=O)cc1. The van der Waals surface area contributed by atoms with E-state index in [4.69, 9.17) is 5.73 Å². The highest BCUT2D eigenvalue weighted by Gasteiger charge is 2.21. The third-order valence-corrected chi connectivity index (χ3v) is 4.52. The molecule has 2 aromatic rings. The van der Waals surface area contributed by atoms with Gasteiger partial charge in [0.2, 0.25) is 11.8 Å². The Kier molecular flexibility index (Phi) is 5.31. The Hall–Kier alpha value is -3.15. The third-order valence-electron chi connectivity index (χ3n) is 4.52. The number of likely N-dealkylation sites (tertiary alicyclic amines) is 1. The van der Waals surface area contributed by atoms with Crippen molar-refractivity contribution in [1.29, 1.82) is 0 Å². The number of nitrogens with one attached hydrogen (secondary N) is 1. The Balaban J connectivity index is 1.64. The maximum absolute atomic E-state index is 12.3. The molecule has 0 aliphatic carbocycles. The van der Waals surface area contributed by atoms with Gasteiger partial charge in [-0.3, -0.25) is 14.4 Å². The average Bonchev–Trinajstić information content (AvgIpc) is 3.05. The van der Waals surface area contributed by atoms with Crippen LogP contribution in [0.15, 0.2) is 48.5 Å². The van der Waals surface area contributed by atoms with E-state index in [1.807, 2.05) is 29.2 Å². The zero-order chi connectivity index (χ0) is 18.5. The van der Waals surface area contributed by atoms with Gasteiger partial charge in [-0.2, -0.15) is 0 Å². The molecule has 0 aromatic heterocycles. The van der Waals surface area contributed by atoms with Crippen molar-refractivity contribution in [3.8, 4) is 0 Å². The molecule has 0 spiro atoms. The summed E-state index contributed by atoms with van der Waals surface area (Å²) in [6.45, 7) is 1.72. The van der Waals surface area contributed by atoms with Crippen molar-refractivity contribution in [3.63, 3.8) is 0 Å². The number of rotatable bonds is 6. The van der Waals surface area contributed by atoms with Crippen molar-refractivity contribution >= 4 is 17.7 Å². The highest BCUT2D eigenvalue weighted by atomic mass is 16.2. The van der Waals surface area contributed by atoms with Gasteiger partial charge in [-0.15, -0.1) is 0 Å². The summed E-state index contributed by atoms with van der Waals surface area (Å²) in [5, 5.41) is 2.88. The van der Waals surface area contributed by atoms with Gasteiger partial charge in [0.1, 0.15) is 0 Å². The molecule has 0 unspecified atom stereocenters. The largest absolute Gasteiger partial charge is 0.366 e. The lowest BCUT2D eigenvalue weighted by Gasteiger charge is -2.18. The van der Waals surface area contributed by atoms with Crippen molar-refractivity contribution in [2.75, 3.05) is 6.54 Å². The molecule has 6 nitrogen and oxygen atoms in total. The minimum Gasteiger partial charge on any atom is -0.366 e. The Morgan fingerprint density at radius 2 is 1.65 bits per heavy atom. The van der Waals surface area contributed by atoms with E-state index in [2.05, 4.69) is 5.32 Å². The van der Waals surface area contributed by atoms with Gasteiger partial charge in [0.15, 0.2) is 0 Å². The van der Waals surface area contributed by atoms with Crippen LogP contribution in [0.2, 0.25) is 0 Å². The van der Waals surface area contributed by atoms with Crippen molar-refractivity contribution in [2.24, 2.45) is 5.73 Å². The smallest absolute Gasteiger partial charge is 0.251 e. The summed E-state index contributed by atoms with van der Waals surface area (Å²) in [4.78, 5) is 37.1. The number of amides is 3. The highest BCUT2D eigenvalue weighted by Crippen LogP contribution is 2.17. The van der Waals surface area contributed by atoms with E-state index in [1.54, 1.807) is 12.1 Å². The second kappa shape index (κ2) is 7.82. The first kappa shape index (κ1) is 17.7. The van der Waals surface area contributed by atoms with Crippen LogP contribution in [0.4, 0.5) is 0 Å². The summed E-state index contributed by atoms with van der Waals surface area (Å²) in [5.74, 6) is -0.575. The number of hydrogen-bond donors (Lipinski definition) is 2. The van der Waals surface area contributed by atoms with Crippen LogP contribution >= 0.6 is 0 Å². The fraction of sp³-hybridized carbons (Fsp3) is 0.250. The number of carbonyl (C=O) groups is 3. The Labute approximate surface area is 152 Å². The van der Waals surface area contributed by atoms with Crippen LogP contribution < -0.4 is 11.1 Å².